The first kappa shape index (κ1) is 15.4. The molecule has 2 aromatic carbocycles. The summed E-state index contributed by atoms with van der Waals surface area (Å²) in [6, 6.07) is 16.6. The Morgan fingerprint density at radius 1 is 0.650 bits per heavy atom. The lowest BCUT2D eigenvalue weighted by atomic mass is 10.2. The van der Waals surface area contributed by atoms with Crippen molar-refractivity contribution in [3.05, 3.63) is 71.8 Å². The average Bonchev–Trinajstić information content (AvgIpc) is 2.55. The lowest BCUT2D eigenvalue weighted by Gasteiger charge is -2.02. The lowest BCUT2D eigenvalue weighted by Crippen LogP contribution is -2.11. The molecule has 2 aromatic rings. The van der Waals surface area contributed by atoms with Crippen LogP contribution in [-0.2, 0) is 9.78 Å². The topological polar surface area (TPSA) is 93.1 Å². The van der Waals surface area contributed by atoms with E-state index in [2.05, 4.69) is 9.78 Å². The van der Waals surface area contributed by atoms with Crippen molar-refractivity contribution < 1.29 is 29.9 Å². The van der Waals surface area contributed by atoms with Crippen LogP contribution in [0.2, 0.25) is 0 Å². The summed E-state index contributed by atoms with van der Waals surface area (Å²) >= 11 is 0. The SMILES string of the molecule is O=C(OOC(=O)c1ccccc1)c1ccccc1.OO. The highest BCUT2D eigenvalue weighted by atomic mass is 17.2. The maximum atomic E-state index is 11.5. The summed E-state index contributed by atoms with van der Waals surface area (Å²) in [7, 11) is 0. The lowest BCUT2D eigenvalue weighted by molar-refractivity contribution is -0.187. The van der Waals surface area contributed by atoms with E-state index in [1.807, 2.05) is 0 Å². The molecule has 0 spiro atoms. The van der Waals surface area contributed by atoms with Gasteiger partial charge in [-0.15, -0.1) is 0 Å². The maximum Gasteiger partial charge on any atom is 0.386 e. The average molecular weight is 276 g/mol. The minimum atomic E-state index is -0.708. The van der Waals surface area contributed by atoms with Gasteiger partial charge in [0.15, 0.2) is 0 Å². The van der Waals surface area contributed by atoms with Gasteiger partial charge in [0.05, 0.1) is 11.1 Å². The first-order chi connectivity index (χ1) is 9.77. The van der Waals surface area contributed by atoms with E-state index in [4.69, 9.17) is 10.5 Å². The predicted molar refractivity (Wildman–Crippen MR) is 69.0 cm³/mol. The highest BCUT2D eigenvalue weighted by Crippen LogP contribution is 2.05. The summed E-state index contributed by atoms with van der Waals surface area (Å²) in [5, 5.41) is 12.0. The molecule has 0 aliphatic carbocycles. The van der Waals surface area contributed by atoms with Crippen LogP contribution in [0.3, 0.4) is 0 Å². The molecule has 6 heteroatoms. The molecule has 0 aliphatic heterocycles. The van der Waals surface area contributed by atoms with Gasteiger partial charge in [0, 0.05) is 0 Å². The van der Waals surface area contributed by atoms with Crippen LogP contribution in [-0.4, -0.2) is 22.5 Å². The molecule has 104 valence electrons. The van der Waals surface area contributed by atoms with Crippen LogP contribution >= 0.6 is 0 Å². The summed E-state index contributed by atoms with van der Waals surface area (Å²) in [4.78, 5) is 31.9. The van der Waals surface area contributed by atoms with Gasteiger partial charge in [0.1, 0.15) is 0 Å². The van der Waals surface area contributed by atoms with Gasteiger partial charge in [-0.3, -0.25) is 10.5 Å². The Morgan fingerprint density at radius 3 is 1.25 bits per heavy atom. The third-order valence-electron chi connectivity index (χ3n) is 2.21. The highest BCUT2D eigenvalue weighted by molar-refractivity contribution is 5.92. The quantitative estimate of drug-likeness (QED) is 0.647. The minimum absolute atomic E-state index is 0.318. The molecule has 0 fully saturated rings. The summed E-state index contributed by atoms with van der Waals surface area (Å²) in [5.74, 6) is -1.42. The van der Waals surface area contributed by atoms with Crippen LogP contribution in [0.15, 0.2) is 60.7 Å². The Labute approximate surface area is 114 Å². The Morgan fingerprint density at radius 2 is 0.950 bits per heavy atom. The molecule has 0 aliphatic rings. The number of carbonyl (C=O) groups is 2. The Kier molecular flexibility index (Phi) is 6.46. The van der Waals surface area contributed by atoms with E-state index in [0.717, 1.165) is 0 Å². The van der Waals surface area contributed by atoms with E-state index in [-0.39, 0.29) is 0 Å². The number of carbonyl (C=O) groups excluding carboxylic acids is 2. The van der Waals surface area contributed by atoms with Gasteiger partial charge in [0.2, 0.25) is 0 Å². The van der Waals surface area contributed by atoms with Crippen molar-refractivity contribution in [1.82, 2.24) is 0 Å². The Bertz CT molecular complexity index is 487. The van der Waals surface area contributed by atoms with Crippen LogP contribution < -0.4 is 0 Å². The minimum Gasteiger partial charge on any atom is -0.255 e. The summed E-state index contributed by atoms with van der Waals surface area (Å²) < 4.78 is 0. The molecule has 6 nitrogen and oxygen atoms in total. The van der Waals surface area contributed by atoms with Crippen LogP contribution in [0.4, 0.5) is 0 Å². The normalized spacial score (nSPS) is 8.90. The van der Waals surface area contributed by atoms with Crippen LogP contribution in [0.1, 0.15) is 20.7 Å². The molecule has 0 unspecified atom stereocenters. The summed E-state index contributed by atoms with van der Waals surface area (Å²) in [6.45, 7) is 0. The first-order valence-electron chi connectivity index (χ1n) is 5.50. The van der Waals surface area contributed by atoms with Crippen molar-refractivity contribution in [2.24, 2.45) is 0 Å². The zero-order valence-corrected chi connectivity index (χ0v) is 10.3. The predicted octanol–water partition coefficient (Wildman–Crippen LogP) is 2.63. The monoisotopic (exact) mass is 276 g/mol. The van der Waals surface area contributed by atoms with Crippen molar-refractivity contribution in [3.8, 4) is 0 Å². The fourth-order valence-corrected chi connectivity index (χ4v) is 1.32. The number of rotatable bonds is 2. The van der Waals surface area contributed by atoms with E-state index < -0.39 is 11.9 Å². The van der Waals surface area contributed by atoms with Gasteiger partial charge < -0.3 is 0 Å². The van der Waals surface area contributed by atoms with Crippen molar-refractivity contribution in [2.75, 3.05) is 0 Å². The van der Waals surface area contributed by atoms with Crippen LogP contribution in [0.25, 0.3) is 0 Å². The third-order valence-corrected chi connectivity index (χ3v) is 2.21. The van der Waals surface area contributed by atoms with Gasteiger partial charge in [-0.05, 0) is 24.3 Å². The molecular weight excluding hydrogens is 264 g/mol. The molecule has 0 bridgehead atoms. The summed E-state index contributed by atoms with van der Waals surface area (Å²) in [6.07, 6.45) is 0. The number of benzene rings is 2. The molecule has 0 heterocycles. The van der Waals surface area contributed by atoms with Gasteiger partial charge in [-0.1, -0.05) is 36.4 Å². The molecule has 0 saturated heterocycles. The molecular formula is C14H12O6. The number of hydrogen-bond donors (Lipinski definition) is 2. The zero-order valence-electron chi connectivity index (χ0n) is 10.3. The summed E-state index contributed by atoms with van der Waals surface area (Å²) in [5.41, 5.74) is 0.636. The van der Waals surface area contributed by atoms with Crippen molar-refractivity contribution in [1.29, 1.82) is 0 Å². The van der Waals surface area contributed by atoms with Gasteiger partial charge in [0.25, 0.3) is 0 Å². The second-order valence-electron chi connectivity index (χ2n) is 3.47. The molecule has 2 rings (SSSR count). The van der Waals surface area contributed by atoms with Crippen LogP contribution in [0.5, 0.6) is 0 Å². The molecule has 0 saturated carbocycles. The van der Waals surface area contributed by atoms with Crippen LogP contribution in [0, 0.1) is 0 Å². The van der Waals surface area contributed by atoms with Gasteiger partial charge in [-0.2, -0.15) is 0 Å². The van der Waals surface area contributed by atoms with Crippen molar-refractivity contribution in [3.63, 3.8) is 0 Å². The molecule has 20 heavy (non-hydrogen) atoms. The molecule has 2 N–H and O–H groups in total. The Balaban J connectivity index is 0.000000956. The van der Waals surface area contributed by atoms with Gasteiger partial charge >= 0.3 is 11.9 Å². The molecule has 0 amide bonds. The molecule has 0 radical (unpaired) electrons. The smallest absolute Gasteiger partial charge is 0.255 e. The molecule has 0 atom stereocenters. The molecule has 0 aromatic heterocycles. The van der Waals surface area contributed by atoms with E-state index in [0.29, 0.717) is 11.1 Å². The first-order valence-corrected chi connectivity index (χ1v) is 5.50. The fourth-order valence-electron chi connectivity index (χ4n) is 1.32. The standard InChI is InChI=1S/C14H10O4.H2O2/c15-13(11-7-3-1-4-8-11)17-18-14(16)12-9-5-2-6-10-12;1-2/h1-10H;1-2H. The second kappa shape index (κ2) is 8.41. The van der Waals surface area contributed by atoms with E-state index in [1.54, 1.807) is 60.7 Å². The van der Waals surface area contributed by atoms with Crippen molar-refractivity contribution >= 4 is 11.9 Å². The van der Waals surface area contributed by atoms with E-state index >= 15 is 0 Å². The Hall–Kier alpha value is -2.70. The largest absolute Gasteiger partial charge is 0.386 e. The number of hydrogen-bond acceptors (Lipinski definition) is 6. The third kappa shape index (κ3) is 4.52. The van der Waals surface area contributed by atoms with E-state index in [1.165, 1.54) is 0 Å². The maximum absolute atomic E-state index is 11.5. The fraction of sp³-hybridized carbons (Fsp3) is 0. The van der Waals surface area contributed by atoms with E-state index in [9.17, 15) is 9.59 Å². The zero-order chi connectivity index (χ0) is 14.8. The second-order valence-corrected chi connectivity index (χ2v) is 3.47. The van der Waals surface area contributed by atoms with Gasteiger partial charge in [-0.25, -0.2) is 19.4 Å². The van der Waals surface area contributed by atoms with Crippen molar-refractivity contribution in [2.45, 2.75) is 0 Å². The highest BCUT2D eigenvalue weighted by Gasteiger charge is 2.12.